The molecule has 0 unspecified atom stereocenters. The van der Waals surface area contributed by atoms with Crippen LogP contribution in [0, 0.1) is 5.41 Å². The minimum absolute atomic E-state index is 0.0390. The fourth-order valence-corrected chi connectivity index (χ4v) is 2.66. The van der Waals surface area contributed by atoms with E-state index in [0.717, 1.165) is 6.54 Å². The Morgan fingerprint density at radius 3 is 2.83 bits per heavy atom. The average molecular weight is 246 g/mol. The summed E-state index contributed by atoms with van der Waals surface area (Å²) in [6, 6.07) is 4.63. The molecule has 0 aliphatic heterocycles. The Morgan fingerprint density at radius 1 is 1.44 bits per heavy atom. The molecule has 1 fully saturated rings. The second kappa shape index (κ2) is 5.96. The lowest BCUT2D eigenvalue weighted by atomic mass is 9.94. The van der Waals surface area contributed by atoms with Crippen molar-refractivity contribution in [3.8, 4) is 0 Å². The number of nitrogen functional groups attached to an aromatic ring is 1. The molecular weight excluding hydrogens is 224 g/mol. The average Bonchev–Trinajstić information content (AvgIpc) is 2.40. The van der Waals surface area contributed by atoms with E-state index in [0.29, 0.717) is 11.7 Å². The van der Waals surface area contributed by atoms with E-state index in [1.807, 2.05) is 12.1 Å². The molecule has 0 amide bonds. The molecule has 1 aromatic rings. The number of nitrogens with one attached hydrogen (secondary N) is 1. The van der Waals surface area contributed by atoms with E-state index >= 15 is 0 Å². The van der Waals surface area contributed by atoms with Crippen molar-refractivity contribution in [2.45, 2.75) is 44.7 Å². The van der Waals surface area contributed by atoms with Crippen molar-refractivity contribution >= 4 is 5.84 Å². The Balaban J connectivity index is 1.99. The lowest BCUT2D eigenvalue weighted by Gasteiger charge is -2.31. The van der Waals surface area contributed by atoms with Gasteiger partial charge < -0.3 is 5.73 Å². The summed E-state index contributed by atoms with van der Waals surface area (Å²) in [7, 11) is 2.18. The van der Waals surface area contributed by atoms with Gasteiger partial charge >= 0.3 is 0 Å². The SMILES string of the molecule is CN(Cc1ccnc(C(=N)N)c1)C1CCCCC1. The van der Waals surface area contributed by atoms with Crippen LogP contribution in [0.5, 0.6) is 0 Å². The van der Waals surface area contributed by atoms with Gasteiger partial charge in [-0.1, -0.05) is 19.3 Å². The fourth-order valence-electron chi connectivity index (χ4n) is 2.66. The highest BCUT2D eigenvalue weighted by atomic mass is 15.1. The molecule has 1 aliphatic rings. The van der Waals surface area contributed by atoms with E-state index in [1.165, 1.54) is 37.7 Å². The van der Waals surface area contributed by atoms with Gasteiger partial charge in [-0.15, -0.1) is 0 Å². The monoisotopic (exact) mass is 246 g/mol. The highest BCUT2D eigenvalue weighted by Crippen LogP contribution is 2.22. The molecule has 0 radical (unpaired) electrons. The van der Waals surface area contributed by atoms with Crippen molar-refractivity contribution in [1.82, 2.24) is 9.88 Å². The van der Waals surface area contributed by atoms with E-state index in [2.05, 4.69) is 16.9 Å². The van der Waals surface area contributed by atoms with Crippen LogP contribution in [0.3, 0.4) is 0 Å². The minimum atomic E-state index is 0.0390. The Kier molecular flexibility index (Phi) is 4.31. The number of hydrogen-bond acceptors (Lipinski definition) is 3. The number of aromatic nitrogens is 1. The van der Waals surface area contributed by atoms with Crippen LogP contribution < -0.4 is 5.73 Å². The van der Waals surface area contributed by atoms with Gasteiger partial charge in [-0.25, -0.2) is 0 Å². The van der Waals surface area contributed by atoms with Crippen molar-refractivity contribution < 1.29 is 0 Å². The van der Waals surface area contributed by atoms with Gasteiger partial charge in [0.05, 0.1) is 0 Å². The van der Waals surface area contributed by atoms with Gasteiger partial charge in [0.2, 0.25) is 0 Å². The van der Waals surface area contributed by atoms with Crippen molar-refractivity contribution in [3.63, 3.8) is 0 Å². The molecule has 1 aromatic heterocycles. The van der Waals surface area contributed by atoms with E-state index in [-0.39, 0.29) is 5.84 Å². The first-order valence-electron chi connectivity index (χ1n) is 6.66. The molecule has 0 saturated heterocycles. The van der Waals surface area contributed by atoms with Crippen LogP contribution in [0.15, 0.2) is 18.3 Å². The summed E-state index contributed by atoms with van der Waals surface area (Å²) >= 11 is 0. The van der Waals surface area contributed by atoms with E-state index in [4.69, 9.17) is 11.1 Å². The zero-order valence-corrected chi connectivity index (χ0v) is 11.0. The van der Waals surface area contributed by atoms with E-state index in [1.54, 1.807) is 6.20 Å². The van der Waals surface area contributed by atoms with Crippen LogP contribution in [-0.2, 0) is 6.54 Å². The van der Waals surface area contributed by atoms with Crippen LogP contribution in [0.4, 0.5) is 0 Å². The van der Waals surface area contributed by atoms with Crippen molar-refractivity contribution in [2.24, 2.45) is 5.73 Å². The number of hydrogen-bond donors (Lipinski definition) is 2. The lowest BCUT2D eigenvalue weighted by Crippen LogP contribution is -2.33. The van der Waals surface area contributed by atoms with E-state index in [9.17, 15) is 0 Å². The van der Waals surface area contributed by atoms with Gasteiger partial charge in [0.25, 0.3) is 0 Å². The van der Waals surface area contributed by atoms with Crippen molar-refractivity contribution in [1.29, 1.82) is 5.41 Å². The number of amidine groups is 1. The van der Waals surface area contributed by atoms with Crippen molar-refractivity contribution in [3.05, 3.63) is 29.6 Å². The molecule has 0 bridgehead atoms. The quantitative estimate of drug-likeness (QED) is 0.632. The maximum Gasteiger partial charge on any atom is 0.141 e. The molecule has 18 heavy (non-hydrogen) atoms. The first-order chi connectivity index (χ1) is 8.66. The maximum absolute atomic E-state index is 7.41. The Labute approximate surface area is 109 Å². The smallest absolute Gasteiger partial charge is 0.141 e. The molecule has 0 aromatic carbocycles. The number of nitrogens with two attached hydrogens (primary N) is 1. The lowest BCUT2D eigenvalue weighted by molar-refractivity contribution is 0.184. The Bertz CT molecular complexity index is 410. The number of pyridine rings is 1. The van der Waals surface area contributed by atoms with Crippen LogP contribution in [0.25, 0.3) is 0 Å². The fraction of sp³-hybridized carbons (Fsp3) is 0.571. The maximum atomic E-state index is 7.41. The van der Waals surface area contributed by atoms with Gasteiger partial charge in [0.1, 0.15) is 11.5 Å². The second-order valence-electron chi connectivity index (χ2n) is 5.17. The first kappa shape index (κ1) is 13.0. The molecule has 4 heteroatoms. The summed E-state index contributed by atoms with van der Waals surface area (Å²) in [6.45, 7) is 0.910. The standard InChI is InChI=1S/C14H22N4/c1-18(12-5-3-2-4-6-12)10-11-7-8-17-13(9-11)14(15)16/h7-9,12H,2-6,10H2,1H3,(H3,15,16). The van der Waals surface area contributed by atoms with Crippen LogP contribution >= 0.6 is 0 Å². The molecule has 4 nitrogen and oxygen atoms in total. The Hall–Kier alpha value is -1.42. The summed E-state index contributed by atoms with van der Waals surface area (Å²) in [4.78, 5) is 6.51. The minimum Gasteiger partial charge on any atom is -0.382 e. The van der Waals surface area contributed by atoms with Crippen molar-refractivity contribution in [2.75, 3.05) is 7.05 Å². The predicted molar refractivity (Wildman–Crippen MR) is 73.6 cm³/mol. The highest BCUT2D eigenvalue weighted by Gasteiger charge is 2.18. The van der Waals surface area contributed by atoms with E-state index < -0.39 is 0 Å². The molecule has 3 N–H and O–H groups in total. The molecule has 1 saturated carbocycles. The molecule has 98 valence electrons. The normalized spacial score (nSPS) is 17.0. The van der Waals surface area contributed by atoms with Crippen LogP contribution in [-0.4, -0.2) is 28.8 Å². The van der Waals surface area contributed by atoms with Gasteiger partial charge in [0.15, 0.2) is 0 Å². The third kappa shape index (κ3) is 3.29. The molecular formula is C14H22N4. The summed E-state index contributed by atoms with van der Waals surface area (Å²) in [5, 5.41) is 7.41. The first-order valence-corrected chi connectivity index (χ1v) is 6.66. The van der Waals surface area contributed by atoms with Gasteiger partial charge in [-0.3, -0.25) is 15.3 Å². The topological polar surface area (TPSA) is 66.0 Å². The zero-order chi connectivity index (χ0) is 13.0. The Morgan fingerprint density at radius 2 is 2.17 bits per heavy atom. The van der Waals surface area contributed by atoms with Gasteiger partial charge in [-0.05, 0) is 37.6 Å². The largest absolute Gasteiger partial charge is 0.382 e. The number of nitrogens with zero attached hydrogens (tertiary/aromatic N) is 2. The molecule has 1 heterocycles. The number of rotatable bonds is 4. The summed E-state index contributed by atoms with van der Waals surface area (Å²) in [5.41, 5.74) is 7.22. The predicted octanol–water partition coefficient (Wildman–Crippen LogP) is 2.13. The van der Waals surface area contributed by atoms with Crippen LogP contribution in [0.2, 0.25) is 0 Å². The molecule has 1 aliphatic carbocycles. The summed E-state index contributed by atoms with van der Waals surface area (Å²) in [6.07, 6.45) is 8.44. The summed E-state index contributed by atoms with van der Waals surface area (Å²) < 4.78 is 0. The highest BCUT2D eigenvalue weighted by molar-refractivity contribution is 5.93. The zero-order valence-electron chi connectivity index (χ0n) is 11.0. The molecule has 0 spiro atoms. The van der Waals surface area contributed by atoms with Gasteiger partial charge in [0, 0.05) is 18.8 Å². The molecule has 2 rings (SSSR count). The van der Waals surface area contributed by atoms with Crippen LogP contribution in [0.1, 0.15) is 43.4 Å². The second-order valence-corrected chi connectivity index (χ2v) is 5.17. The molecule has 0 atom stereocenters. The van der Waals surface area contributed by atoms with Gasteiger partial charge in [-0.2, -0.15) is 0 Å². The third-order valence-electron chi connectivity index (χ3n) is 3.73. The summed E-state index contributed by atoms with van der Waals surface area (Å²) in [5.74, 6) is 0.0390. The third-order valence-corrected chi connectivity index (χ3v) is 3.73.